The molecule has 160 valence electrons. The fourth-order valence-corrected chi connectivity index (χ4v) is 5.26. The van der Waals surface area contributed by atoms with Gasteiger partial charge in [-0.25, -0.2) is 0 Å². The van der Waals surface area contributed by atoms with Crippen LogP contribution in [0.2, 0.25) is 0 Å². The van der Waals surface area contributed by atoms with Crippen molar-refractivity contribution in [2.45, 2.75) is 63.8 Å². The van der Waals surface area contributed by atoms with Gasteiger partial charge >= 0.3 is 0 Å². The lowest BCUT2D eigenvalue weighted by Gasteiger charge is -2.43. The summed E-state index contributed by atoms with van der Waals surface area (Å²) in [6.45, 7) is 8.82. The topological polar surface area (TPSA) is 60.5 Å². The molecular formula is C23H38N6. The molecule has 6 nitrogen and oxygen atoms in total. The van der Waals surface area contributed by atoms with Crippen molar-refractivity contribution in [1.29, 1.82) is 10.5 Å². The fraction of sp³-hybridized carbons (Fsp3) is 0.826. The fourth-order valence-electron chi connectivity index (χ4n) is 5.26. The van der Waals surface area contributed by atoms with Crippen LogP contribution in [0.1, 0.15) is 57.8 Å². The Morgan fingerprint density at radius 1 is 0.862 bits per heavy atom. The normalized spacial score (nSPS) is 22.0. The van der Waals surface area contributed by atoms with E-state index in [1.807, 2.05) is 0 Å². The molecule has 0 atom stereocenters. The van der Waals surface area contributed by atoms with Crippen LogP contribution >= 0.6 is 0 Å². The molecule has 0 spiro atoms. The maximum atomic E-state index is 9.56. The van der Waals surface area contributed by atoms with Crippen LogP contribution in [0.3, 0.4) is 0 Å². The van der Waals surface area contributed by atoms with E-state index in [9.17, 15) is 10.5 Å². The zero-order chi connectivity index (χ0) is 20.5. The maximum Gasteiger partial charge on any atom is 0.169 e. The zero-order valence-corrected chi connectivity index (χ0v) is 18.3. The first kappa shape index (κ1) is 21.9. The molecule has 0 aromatic heterocycles. The summed E-state index contributed by atoms with van der Waals surface area (Å²) in [6, 6.07) is 4.99. The minimum Gasteiger partial charge on any atom is -0.360 e. The Bertz CT molecular complexity index is 594. The number of hydrogen-bond acceptors (Lipinski definition) is 6. The summed E-state index contributed by atoms with van der Waals surface area (Å²) in [7, 11) is 2.05. The average Bonchev–Trinajstić information content (AvgIpc) is 2.79. The molecule has 3 aliphatic rings. The van der Waals surface area contributed by atoms with Crippen molar-refractivity contribution in [1.82, 2.24) is 19.6 Å². The van der Waals surface area contributed by atoms with Crippen LogP contribution in [0.25, 0.3) is 0 Å². The van der Waals surface area contributed by atoms with Gasteiger partial charge in [0.25, 0.3) is 0 Å². The summed E-state index contributed by atoms with van der Waals surface area (Å²) in [5.41, 5.74) is 0.266. The Hall–Kier alpha value is -1.76. The summed E-state index contributed by atoms with van der Waals surface area (Å²) >= 11 is 0. The zero-order valence-electron chi connectivity index (χ0n) is 18.3. The van der Waals surface area contributed by atoms with E-state index in [-0.39, 0.29) is 5.57 Å². The quantitative estimate of drug-likeness (QED) is 0.615. The molecule has 3 heterocycles. The van der Waals surface area contributed by atoms with Crippen molar-refractivity contribution in [2.24, 2.45) is 0 Å². The molecule has 0 radical (unpaired) electrons. The molecule has 0 saturated carbocycles. The van der Waals surface area contributed by atoms with Gasteiger partial charge in [-0.3, -0.25) is 0 Å². The van der Waals surface area contributed by atoms with Crippen molar-refractivity contribution in [3.63, 3.8) is 0 Å². The minimum absolute atomic E-state index is 0.266. The highest BCUT2D eigenvalue weighted by atomic mass is 15.3. The molecule has 3 saturated heterocycles. The molecule has 3 aliphatic heterocycles. The summed E-state index contributed by atoms with van der Waals surface area (Å²) in [4.78, 5) is 9.68. The summed E-state index contributed by atoms with van der Waals surface area (Å²) in [5, 5.41) is 19.1. The predicted octanol–water partition coefficient (Wildman–Crippen LogP) is 3.00. The monoisotopic (exact) mass is 398 g/mol. The van der Waals surface area contributed by atoms with Crippen LogP contribution in [0.4, 0.5) is 0 Å². The van der Waals surface area contributed by atoms with Gasteiger partial charge in [0.15, 0.2) is 5.57 Å². The number of allylic oxidation sites excluding steroid dienone is 1. The first-order valence-electron chi connectivity index (χ1n) is 11.7. The molecule has 0 aromatic rings. The van der Waals surface area contributed by atoms with Gasteiger partial charge in [-0.05, 0) is 77.7 Å². The van der Waals surface area contributed by atoms with Crippen LogP contribution in [0, 0.1) is 22.7 Å². The van der Waals surface area contributed by atoms with E-state index >= 15 is 0 Å². The number of rotatable bonds is 7. The number of nitriles is 2. The van der Waals surface area contributed by atoms with Crippen molar-refractivity contribution < 1.29 is 0 Å². The first-order valence-corrected chi connectivity index (χ1v) is 11.7. The van der Waals surface area contributed by atoms with Gasteiger partial charge in [-0.15, -0.1) is 0 Å². The van der Waals surface area contributed by atoms with Gasteiger partial charge in [-0.1, -0.05) is 12.8 Å². The van der Waals surface area contributed by atoms with E-state index < -0.39 is 0 Å². The Morgan fingerprint density at radius 3 is 2.03 bits per heavy atom. The number of likely N-dealkylation sites (tertiary alicyclic amines) is 3. The minimum atomic E-state index is 0.266. The van der Waals surface area contributed by atoms with E-state index in [2.05, 4.69) is 38.8 Å². The second-order valence-corrected chi connectivity index (χ2v) is 8.91. The molecule has 29 heavy (non-hydrogen) atoms. The molecule has 0 bridgehead atoms. The van der Waals surface area contributed by atoms with Crippen LogP contribution < -0.4 is 0 Å². The molecule has 3 rings (SSSR count). The highest BCUT2D eigenvalue weighted by Crippen LogP contribution is 2.25. The molecule has 0 amide bonds. The largest absolute Gasteiger partial charge is 0.360 e. The molecule has 6 heteroatoms. The maximum absolute atomic E-state index is 9.56. The second kappa shape index (κ2) is 11.4. The lowest BCUT2D eigenvalue weighted by atomic mass is 9.99. The van der Waals surface area contributed by atoms with Gasteiger partial charge < -0.3 is 19.6 Å². The Labute approximate surface area is 177 Å². The number of piperidine rings is 3. The first-order chi connectivity index (χ1) is 14.2. The molecule has 0 aliphatic carbocycles. The highest BCUT2D eigenvalue weighted by Gasteiger charge is 2.29. The molecule has 3 fully saturated rings. The van der Waals surface area contributed by atoms with Gasteiger partial charge in [0.1, 0.15) is 18.0 Å². The highest BCUT2D eigenvalue weighted by molar-refractivity contribution is 5.39. The summed E-state index contributed by atoms with van der Waals surface area (Å²) in [5.74, 6) is 0.853. The Kier molecular flexibility index (Phi) is 8.65. The summed E-state index contributed by atoms with van der Waals surface area (Å²) in [6.07, 6.45) is 11.4. The second-order valence-electron chi connectivity index (χ2n) is 8.91. The smallest absolute Gasteiger partial charge is 0.169 e. The molecule has 0 N–H and O–H groups in total. The lowest BCUT2D eigenvalue weighted by molar-refractivity contribution is 0.0916. The predicted molar refractivity (Wildman–Crippen MR) is 116 cm³/mol. The Morgan fingerprint density at radius 2 is 1.45 bits per heavy atom. The van der Waals surface area contributed by atoms with Gasteiger partial charge in [0.2, 0.25) is 0 Å². The van der Waals surface area contributed by atoms with Crippen molar-refractivity contribution in [3.8, 4) is 12.1 Å². The molecule has 0 aromatic carbocycles. The third-order valence-electron chi connectivity index (χ3n) is 6.90. The third-order valence-corrected chi connectivity index (χ3v) is 6.90. The third kappa shape index (κ3) is 6.11. The van der Waals surface area contributed by atoms with E-state index in [1.165, 1.54) is 64.7 Å². The van der Waals surface area contributed by atoms with Gasteiger partial charge in [0.05, 0.1) is 0 Å². The van der Waals surface area contributed by atoms with Crippen LogP contribution in [0.5, 0.6) is 0 Å². The number of hydrogen-bond donors (Lipinski definition) is 0. The van der Waals surface area contributed by atoms with E-state index in [0.29, 0.717) is 6.04 Å². The molecular weight excluding hydrogens is 360 g/mol. The SMILES string of the molecule is CN(CCCN1CCCCC1)C(=C(C#N)C#N)N1CCC(N2CCCCC2)CC1. The van der Waals surface area contributed by atoms with Crippen LogP contribution in [-0.4, -0.2) is 85.0 Å². The van der Waals surface area contributed by atoms with Crippen molar-refractivity contribution in [2.75, 3.05) is 59.4 Å². The van der Waals surface area contributed by atoms with Gasteiger partial charge in [0, 0.05) is 32.7 Å². The standard InChI is InChI=1S/C23H38N6/c1-26(11-8-14-27-12-4-2-5-13-27)23(21(19-24)20-25)29-17-9-22(10-18-29)28-15-6-3-7-16-28/h22H,2-18H2,1H3. The lowest BCUT2D eigenvalue weighted by Crippen LogP contribution is -2.48. The van der Waals surface area contributed by atoms with Crippen LogP contribution in [0.15, 0.2) is 11.4 Å². The number of nitrogens with zero attached hydrogens (tertiary/aromatic N) is 6. The summed E-state index contributed by atoms with van der Waals surface area (Å²) < 4.78 is 0. The van der Waals surface area contributed by atoms with Crippen molar-refractivity contribution >= 4 is 0 Å². The average molecular weight is 399 g/mol. The Balaban J connectivity index is 1.55. The van der Waals surface area contributed by atoms with Crippen LogP contribution in [-0.2, 0) is 0 Å². The van der Waals surface area contributed by atoms with Gasteiger partial charge in [-0.2, -0.15) is 10.5 Å². The van der Waals surface area contributed by atoms with E-state index in [1.54, 1.807) is 0 Å². The van der Waals surface area contributed by atoms with E-state index in [0.717, 1.165) is 51.3 Å². The van der Waals surface area contributed by atoms with Crippen molar-refractivity contribution in [3.05, 3.63) is 11.4 Å². The molecule has 0 unspecified atom stereocenters. The van der Waals surface area contributed by atoms with E-state index in [4.69, 9.17) is 0 Å².